The zero-order valence-corrected chi connectivity index (χ0v) is 25.0. The van der Waals surface area contributed by atoms with E-state index in [1.54, 1.807) is 4.90 Å². The third kappa shape index (κ3) is 5.71. The first-order valence-electron chi connectivity index (χ1n) is 13.5. The van der Waals surface area contributed by atoms with Crippen molar-refractivity contribution >= 4 is 73.2 Å². The number of benzene rings is 4. The number of carbonyl (C=O) groups excluding carboxylic acids is 1. The van der Waals surface area contributed by atoms with Crippen LogP contribution in [0.4, 0.5) is 5.69 Å². The average molecular weight is 593 g/mol. The van der Waals surface area contributed by atoms with Gasteiger partial charge in [-0.1, -0.05) is 127 Å². The van der Waals surface area contributed by atoms with Crippen molar-refractivity contribution in [3.63, 3.8) is 0 Å². The molecule has 0 aliphatic carbocycles. The van der Waals surface area contributed by atoms with Crippen LogP contribution < -0.4 is 9.64 Å². The third-order valence-electron chi connectivity index (χ3n) is 6.95. The van der Waals surface area contributed by atoms with Gasteiger partial charge in [0.2, 0.25) is 0 Å². The molecule has 0 saturated carbocycles. The lowest BCUT2D eigenvalue weighted by atomic mass is 10.1. The Balaban J connectivity index is 1.05. The molecule has 7 heteroatoms. The number of hydrogen-bond donors (Lipinski definition) is 0. The molecule has 2 aliphatic heterocycles. The molecule has 1 saturated heterocycles. The lowest BCUT2D eigenvalue weighted by molar-refractivity contribution is -0.122. The van der Waals surface area contributed by atoms with Gasteiger partial charge >= 0.3 is 0 Å². The van der Waals surface area contributed by atoms with Crippen LogP contribution in [0.15, 0.2) is 130 Å². The predicted octanol–water partition coefficient (Wildman–Crippen LogP) is 8.70. The van der Waals surface area contributed by atoms with E-state index in [1.165, 1.54) is 38.1 Å². The van der Waals surface area contributed by atoms with Crippen LogP contribution in [0.3, 0.4) is 0 Å². The minimum absolute atomic E-state index is 0.0804. The molecule has 0 atom stereocenters. The summed E-state index contributed by atoms with van der Waals surface area (Å²) in [4.78, 5) is 18.8. The van der Waals surface area contributed by atoms with Crippen molar-refractivity contribution in [2.45, 2.75) is 11.8 Å². The van der Waals surface area contributed by atoms with Crippen LogP contribution in [0.1, 0.15) is 6.92 Å². The van der Waals surface area contributed by atoms with E-state index in [2.05, 4.69) is 66.4 Å². The van der Waals surface area contributed by atoms with Crippen molar-refractivity contribution in [2.75, 3.05) is 24.6 Å². The maximum Gasteiger partial charge on any atom is 0.266 e. The highest BCUT2D eigenvalue weighted by Crippen LogP contribution is 2.49. The monoisotopic (exact) mass is 592 g/mol. The molecule has 204 valence electrons. The Morgan fingerprint density at radius 1 is 0.780 bits per heavy atom. The normalized spacial score (nSPS) is 17.4. The number of amides is 1. The van der Waals surface area contributed by atoms with Crippen molar-refractivity contribution in [1.29, 1.82) is 0 Å². The van der Waals surface area contributed by atoms with E-state index in [9.17, 15) is 4.79 Å². The molecule has 2 aliphatic rings. The molecule has 0 radical (unpaired) electrons. The molecular weight excluding hydrogens is 565 g/mol. The summed E-state index contributed by atoms with van der Waals surface area (Å²) in [5.41, 5.74) is 1.26. The molecular formula is C34H28N2O2S3. The molecule has 0 bridgehead atoms. The fourth-order valence-corrected chi connectivity index (χ4v) is 7.50. The fraction of sp³-hybridized carbons (Fsp3) is 0.118. The van der Waals surface area contributed by atoms with Gasteiger partial charge in [-0.3, -0.25) is 9.69 Å². The summed E-state index contributed by atoms with van der Waals surface area (Å²) in [5, 5.41) is 5.94. The minimum Gasteiger partial charge on any atom is -0.491 e. The molecule has 0 spiro atoms. The number of anilines is 1. The van der Waals surface area contributed by atoms with Gasteiger partial charge in [0, 0.05) is 16.8 Å². The zero-order chi connectivity index (χ0) is 28.2. The van der Waals surface area contributed by atoms with Gasteiger partial charge in [-0.05, 0) is 47.4 Å². The molecule has 41 heavy (non-hydrogen) atoms. The van der Waals surface area contributed by atoms with E-state index >= 15 is 0 Å². The van der Waals surface area contributed by atoms with Gasteiger partial charge in [-0.2, -0.15) is 0 Å². The first-order valence-corrected chi connectivity index (χ1v) is 15.5. The molecule has 4 nitrogen and oxygen atoms in total. The molecule has 1 fully saturated rings. The summed E-state index contributed by atoms with van der Waals surface area (Å²) in [5.74, 6) is 0.729. The molecule has 1 amide bonds. The SMILES string of the molecule is CCN1C(=CC=CC=CC=C2SC(=S)N(CCOc3cccc4ccccc34)C2=O)Sc2c1ccc1ccccc21. The van der Waals surface area contributed by atoms with E-state index in [0.29, 0.717) is 22.4 Å². The van der Waals surface area contributed by atoms with Crippen LogP contribution in [0.2, 0.25) is 0 Å². The maximum absolute atomic E-state index is 13.0. The largest absolute Gasteiger partial charge is 0.491 e. The standard InChI is InChI=1S/C34H28N2O2S3/c1-2-35-28-21-20-25-13-8-10-16-27(25)32(28)41-31(35)19-6-4-3-5-18-30-33(37)36(34(39)40-30)22-23-38-29-17-11-14-24-12-7-9-15-26(24)29/h3-21H,2,22-23H2,1H3. The van der Waals surface area contributed by atoms with Crippen LogP contribution in [0, 0.1) is 0 Å². The Kier molecular flexibility index (Phi) is 8.28. The lowest BCUT2D eigenvalue weighted by Gasteiger charge is -2.17. The van der Waals surface area contributed by atoms with Crippen LogP contribution in [0.25, 0.3) is 21.5 Å². The van der Waals surface area contributed by atoms with Crippen molar-refractivity contribution in [3.05, 3.63) is 125 Å². The summed E-state index contributed by atoms with van der Waals surface area (Å²) in [6, 6.07) is 27.0. The van der Waals surface area contributed by atoms with Gasteiger partial charge < -0.3 is 9.64 Å². The van der Waals surface area contributed by atoms with Crippen LogP contribution in [-0.4, -0.2) is 34.8 Å². The second-order valence-electron chi connectivity index (χ2n) is 9.44. The van der Waals surface area contributed by atoms with Gasteiger partial charge in [-0.25, -0.2) is 0 Å². The smallest absolute Gasteiger partial charge is 0.266 e. The third-order valence-corrected chi connectivity index (χ3v) is 9.55. The second kappa shape index (κ2) is 12.4. The number of allylic oxidation sites excluding steroid dienone is 6. The van der Waals surface area contributed by atoms with E-state index in [0.717, 1.165) is 23.1 Å². The molecule has 2 heterocycles. The number of thioether (sulfide) groups is 2. The van der Waals surface area contributed by atoms with Gasteiger partial charge in [0.05, 0.1) is 22.2 Å². The van der Waals surface area contributed by atoms with Gasteiger partial charge in [0.15, 0.2) is 0 Å². The number of rotatable bonds is 8. The number of fused-ring (bicyclic) bond motifs is 4. The summed E-state index contributed by atoms with van der Waals surface area (Å²) in [7, 11) is 0. The van der Waals surface area contributed by atoms with Crippen molar-refractivity contribution in [2.24, 2.45) is 0 Å². The minimum atomic E-state index is -0.0804. The van der Waals surface area contributed by atoms with E-state index in [4.69, 9.17) is 17.0 Å². The highest BCUT2D eigenvalue weighted by atomic mass is 32.2. The van der Waals surface area contributed by atoms with E-state index in [1.807, 2.05) is 72.5 Å². The highest BCUT2D eigenvalue weighted by molar-refractivity contribution is 8.26. The fourth-order valence-electron chi connectivity index (χ4n) is 4.96. The molecule has 6 rings (SSSR count). The second-order valence-corrected chi connectivity index (χ2v) is 12.1. The van der Waals surface area contributed by atoms with Gasteiger partial charge in [0.25, 0.3) is 5.91 Å². The van der Waals surface area contributed by atoms with Crippen molar-refractivity contribution in [3.8, 4) is 5.75 Å². The molecule has 0 aromatic heterocycles. The predicted molar refractivity (Wildman–Crippen MR) is 179 cm³/mol. The van der Waals surface area contributed by atoms with Crippen molar-refractivity contribution in [1.82, 2.24) is 4.90 Å². The quantitative estimate of drug-likeness (QED) is 0.116. The number of thiocarbonyl (C=S) groups is 1. The number of nitrogens with zero attached hydrogens (tertiary/aromatic N) is 2. The maximum atomic E-state index is 13.0. The Morgan fingerprint density at radius 2 is 1.49 bits per heavy atom. The Morgan fingerprint density at radius 3 is 2.29 bits per heavy atom. The molecule has 0 unspecified atom stereocenters. The summed E-state index contributed by atoms with van der Waals surface area (Å²) in [6.45, 7) is 3.86. The number of ether oxygens (including phenoxy) is 1. The molecule has 4 aromatic rings. The first-order chi connectivity index (χ1) is 20.1. The van der Waals surface area contributed by atoms with Gasteiger partial charge in [0.1, 0.15) is 16.7 Å². The first kappa shape index (κ1) is 27.4. The molecule has 0 N–H and O–H groups in total. The van der Waals surface area contributed by atoms with Crippen LogP contribution in [0.5, 0.6) is 5.75 Å². The Bertz CT molecular complexity index is 1770. The average Bonchev–Trinajstić information content (AvgIpc) is 3.50. The summed E-state index contributed by atoms with van der Waals surface area (Å²) in [6.07, 6.45) is 11.8. The van der Waals surface area contributed by atoms with E-state index < -0.39 is 0 Å². The summed E-state index contributed by atoms with van der Waals surface area (Å²) < 4.78 is 6.58. The van der Waals surface area contributed by atoms with Gasteiger partial charge in [-0.15, -0.1) is 0 Å². The Hall–Kier alpha value is -3.78. The van der Waals surface area contributed by atoms with Crippen LogP contribution in [-0.2, 0) is 4.79 Å². The zero-order valence-electron chi connectivity index (χ0n) is 22.5. The lowest BCUT2D eigenvalue weighted by Crippen LogP contribution is -2.32. The highest BCUT2D eigenvalue weighted by Gasteiger charge is 2.31. The topological polar surface area (TPSA) is 32.8 Å². The van der Waals surface area contributed by atoms with Crippen LogP contribution >= 0.6 is 35.7 Å². The summed E-state index contributed by atoms with van der Waals surface area (Å²) >= 11 is 8.62. The number of carbonyl (C=O) groups is 1. The molecule has 4 aromatic carbocycles. The van der Waals surface area contributed by atoms with Crippen molar-refractivity contribution < 1.29 is 9.53 Å². The number of hydrogen-bond acceptors (Lipinski definition) is 6. The Labute approximate surface area is 254 Å². The van der Waals surface area contributed by atoms with E-state index in [-0.39, 0.29) is 5.91 Å².